The zero-order chi connectivity index (χ0) is 10.7. The van der Waals surface area contributed by atoms with Gasteiger partial charge in [-0.2, -0.15) is 5.10 Å². The van der Waals surface area contributed by atoms with E-state index >= 15 is 0 Å². The fourth-order valence-electron chi connectivity index (χ4n) is 1.37. The van der Waals surface area contributed by atoms with Gasteiger partial charge < -0.3 is 5.11 Å². The van der Waals surface area contributed by atoms with E-state index < -0.39 is 11.9 Å². The highest BCUT2D eigenvalue weighted by Crippen LogP contribution is 2.15. The molecule has 1 heterocycles. The molecular weight excluding hydrogens is 180 g/mol. The molecule has 0 fully saturated rings. The highest BCUT2D eigenvalue weighted by molar-refractivity contribution is 5.74. The molecule has 1 aromatic heterocycles. The predicted molar refractivity (Wildman–Crippen MR) is 53.3 cm³/mol. The minimum atomic E-state index is -0.826. The van der Waals surface area contributed by atoms with Crippen LogP contribution >= 0.6 is 0 Å². The normalized spacial score (nSPS) is 12.8. The van der Waals surface area contributed by atoms with E-state index in [2.05, 4.69) is 5.10 Å². The lowest BCUT2D eigenvalue weighted by Gasteiger charge is -2.01. The van der Waals surface area contributed by atoms with Crippen LogP contribution in [0.3, 0.4) is 0 Å². The van der Waals surface area contributed by atoms with Crippen LogP contribution in [0.2, 0.25) is 0 Å². The van der Waals surface area contributed by atoms with Gasteiger partial charge in [0.25, 0.3) is 0 Å². The summed E-state index contributed by atoms with van der Waals surface area (Å²) >= 11 is 0. The van der Waals surface area contributed by atoms with E-state index in [9.17, 15) is 4.79 Å². The number of hydrogen-bond donors (Lipinski definition) is 1. The van der Waals surface area contributed by atoms with Crippen molar-refractivity contribution in [1.29, 1.82) is 0 Å². The van der Waals surface area contributed by atoms with Crippen LogP contribution in [0.1, 0.15) is 38.1 Å². The number of aliphatic carboxylic acids is 1. The largest absolute Gasteiger partial charge is 0.481 e. The van der Waals surface area contributed by atoms with E-state index in [4.69, 9.17) is 5.11 Å². The Bertz CT molecular complexity index is 309. The first-order valence-electron chi connectivity index (χ1n) is 4.89. The second kappa shape index (κ2) is 4.26. The standard InChI is InChI=1S/C10H16N2O2/c1-4-8-6-9(7(3)10(13)14)11-12(8)5-2/h6-7H,4-5H2,1-3H3,(H,13,14). The highest BCUT2D eigenvalue weighted by Gasteiger charge is 2.18. The molecule has 0 aliphatic carbocycles. The molecule has 0 aromatic carbocycles. The van der Waals surface area contributed by atoms with Gasteiger partial charge in [0.15, 0.2) is 0 Å². The number of hydrogen-bond acceptors (Lipinski definition) is 2. The number of aromatic nitrogens is 2. The summed E-state index contributed by atoms with van der Waals surface area (Å²) in [4.78, 5) is 10.7. The summed E-state index contributed by atoms with van der Waals surface area (Å²) in [5.74, 6) is -1.35. The Hall–Kier alpha value is -1.32. The molecule has 0 aliphatic heterocycles. The van der Waals surface area contributed by atoms with Crippen molar-refractivity contribution in [2.45, 2.75) is 39.7 Å². The molecule has 0 saturated heterocycles. The molecule has 1 rings (SSSR count). The van der Waals surface area contributed by atoms with Crippen molar-refractivity contribution in [2.24, 2.45) is 0 Å². The molecule has 0 bridgehead atoms. The summed E-state index contributed by atoms with van der Waals surface area (Å²) < 4.78 is 1.86. The van der Waals surface area contributed by atoms with Gasteiger partial charge in [0.05, 0.1) is 11.6 Å². The smallest absolute Gasteiger partial charge is 0.312 e. The molecule has 0 radical (unpaired) electrons. The minimum absolute atomic E-state index is 0.520. The molecule has 0 saturated carbocycles. The fraction of sp³-hybridized carbons (Fsp3) is 0.600. The number of carbonyl (C=O) groups is 1. The maximum Gasteiger partial charge on any atom is 0.312 e. The molecule has 0 amide bonds. The first kappa shape index (κ1) is 10.8. The molecule has 4 nitrogen and oxygen atoms in total. The lowest BCUT2D eigenvalue weighted by Crippen LogP contribution is -2.09. The fourth-order valence-corrected chi connectivity index (χ4v) is 1.37. The molecule has 1 N–H and O–H groups in total. The van der Waals surface area contributed by atoms with Crippen LogP contribution in [0.4, 0.5) is 0 Å². The first-order valence-corrected chi connectivity index (χ1v) is 4.89. The van der Waals surface area contributed by atoms with Crippen molar-refractivity contribution in [3.8, 4) is 0 Å². The molecule has 1 aromatic rings. The third-order valence-electron chi connectivity index (χ3n) is 2.36. The molecule has 0 spiro atoms. The Kier molecular flexibility index (Phi) is 3.28. The van der Waals surface area contributed by atoms with Gasteiger partial charge in [0.1, 0.15) is 0 Å². The molecule has 78 valence electrons. The maximum atomic E-state index is 10.7. The SMILES string of the molecule is CCc1cc(C(C)C(=O)O)nn1CC. The van der Waals surface area contributed by atoms with E-state index in [-0.39, 0.29) is 0 Å². The van der Waals surface area contributed by atoms with E-state index in [1.54, 1.807) is 6.92 Å². The monoisotopic (exact) mass is 196 g/mol. The zero-order valence-corrected chi connectivity index (χ0v) is 8.82. The maximum absolute atomic E-state index is 10.7. The Morgan fingerprint density at radius 2 is 2.29 bits per heavy atom. The Morgan fingerprint density at radius 1 is 1.64 bits per heavy atom. The van der Waals surface area contributed by atoms with Crippen LogP contribution in [0.15, 0.2) is 6.07 Å². The summed E-state index contributed by atoms with van der Waals surface area (Å²) in [5.41, 5.74) is 1.74. The molecule has 1 unspecified atom stereocenters. The van der Waals surface area contributed by atoms with Gasteiger partial charge in [-0.1, -0.05) is 6.92 Å². The average Bonchev–Trinajstić information content (AvgIpc) is 2.59. The summed E-state index contributed by atoms with van der Waals surface area (Å²) in [5, 5.41) is 13.1. The number of aryl methyl sites for hydroxylation is 2. The number of carboxylic acids is 1. The van der Waals surface area contributed by atoms with Gasteiger partial charge in [-0.05, 0) is 26.3 Å². The van der Waals surface area contributed by atoms with Gasteiger partial charge in [-0.25, -0.2) is 0 Å². The van der Waals surface area contributed by atoms with Gasteiger partial charge in [0.2, 0.25) is 0 Å². The van der Waals surface area contributed by atoms with E-state index in [1.165, 1.54) is 0 Å². The van der Waals surface area contributed by atoms with E-state index in [0.29, 0.717) is 5.69 Å². The van der Waals surface area contributed by atoms with Crippen LogP contribution in [0.25, 0.3) is 0 Å². The third-order valence-corrected chi connectivity index (χ3v) is 2.36. The van der Waals surface area contributed by atoms with Crippen LogP contribution in [-0.2, 0) is 17.8 Å². The molecule has 4 heteroatoms. The van der Waals surface area contributed by atoms with Crippen molar-refractivity contribution in [1.82, 2.24) is 9.78 Å². The Balaban J connectivity index is 3.00. The van der Waals surface area contributed by atoms with Crippen molar-refractivity contribution in [3.05, 3.63) is 17.5 Å². The molecular formula is C10H16N2O2. The summed E-state index contributed by atoms with van der Waals surface area (Å²) in [6.07, 6.45) is 0.882. The molecule has 14 heavy (non-hydrogen) atoms. The summed E-state index contributed by atoms with van der Waals surface area (Å²) in [6.45, 7) is 6.49. The summed E-state index contributed by atoms with van der Waals surface area (Å²) in [6, 6.07) is 1.88. The van der Waals surface area contributed by atoms with Crippen molar-refractivity contribution < 1.29 is 9.90 Å². The highest BCUT2D eigenvalue weighted by atomic mass is 16.4. The average molecular weight is 196 g/mol. The number of carboxylic acid groups (broad SMARTS) is 1. The van der Waals surface area contributed by atoms with Gasteiger partial charge in [-0.15, -0.1) is 0 Å². The lowest BCUT2D eigenvalue weighted by molar-refractivity contribution is -0.138. The first-order chi connectivity index (χ1) is 6.60. The molecule has 1 atom stereocenters. The molecule has 0 aliphatic rings. The quantitative estimate of drug-likeness (QED) is 0.796. The lowest BCUT2D eigenvalue weighted by atomic mass is 10.1. The van der Waals surface area contributed by atoms with Crippen molar-refractivity contribution in [3.63, 3.8) is 0 Å². The van der Waals surface area contributed by atoms with Gasteiger partial charge in [0, 0.05) is 12.2 Å². The Labute approximate surface area is 83.5 Å². The van der Waals surface area contributed by atoms with E-state index in [0.717, 1.165) is 18.7 Å². The topological polar surface area (TPSA) is 55.1 Å². The second-order valence-electron chi connectivity index (χ2n) is 3.29. The summed E-state index contributed by atoms with van der Waals surface area (Å²) in [7, 11) is 0. The van der Waals surface area contributed by atoms with Crippen LogP contribution < -0.4 is 0 Å². The Morgan fingerprint density at radius 3 is 2.64 bits per heavy atom. The van der Waals surface area contributed by atoms with Crippen molar-refractivity contribution >= 4 is 5.97 Å². The number of rotatable bonds is 4. The third kappa shape index (κ3) is 1.95. The minimum Gasteiger partial charge on any atom is -0.481 e. The van der Waals surface area contributed by atoms with Crippen LogP contribution in [0, 0.1) is 0 Å². The van der Waals surface area contributed by atoms with Crippen molar-refractivity contribution in [2.75, 3.05) is 0 Å². The van der Waals surface area contributed by atoms with Gasteiger partial charge in [-0.3, -0.25) is 9.48 Å². The van der Waals surface area contributed by atoms with Gasteiger partial charge >= 0.3 is 5.97 Å². The van der Waals surface area contributed by atoms with Crippen LogP contribution in [0.5, 0.6) is 0 Å². The second-order valence-corrected chi connectivity index (χ2v) is 3.29. The predicted octanol–water partition coefficient (Wildman–Crippen LogP) is 1.65. The zero-order valence-electron chi connectivity index (χ0n) is 8.82. The van der Waals surface area contributed by atoms with Crippen LogP contribution in [-0.4, -0.2) is 20.9 Å². The van der Waals surface area contributed by atoms with E-state index in [1.807, 2.05) is 24.6 Å². The number of nitrogens with zero attached hydrogens (tertiary/aromatic N) is 2.